The van der Waals surface area contributed by atoms with Crippen molar-refractivity contribution in [1.29, 1.82) is 0 Å². The highest BCUT2D eigenvalue weighted by atomic mass is 16.6. The molecule has 0 unspecified atom stereocenters. The summed E-state index contributed by atoms with van der Waals surface area (Å²) in [6.07, 6.45) is 3.65. The number of carbonyl (C=O) groups is 1. The van der Waals surface area contributed by atoms with E-state index in [1.54, 1.807) is 18.1 Å². The zero-order valence-electron chi connectivity index (χ0n) is 14.8. The molecule has 1 heterocycles. The number of nitro benzene ring substituents is 1. The quantitative estimate of drug-likeness (QED) is 0.511. The Balaban J connectivity index is 1.77. The van der Waals surface area contributed by atoms with E-state index in [1.165, 1.54) is 18.2 Å². The summed E-state index contributed by atoms with van der Waals surface area (Å²) in [4.78, 5) is 23.9. The molecule has 2 N–H and O–H groups in total. The van der Waals surface area contributed by atoms with Gasteiger partial charge in [-0.15, -0.1) is 0 Å². The number of amides is 1. The third kappa shape index (κ3) is 4.30. The topological polar surface area (TPSA) is 107 Å². The van der Waals surface area contributed by atoms with Crippen molar-refractivity contribution in [1.82, 2.24) is 9.78 Å². The first-order chi connectivity index (χ1) is 12.9. The van der Waals surface area contributed by atoms with Crippen LogP contribution in [0.15, 0.2) is 60.9 Å². The molecule has 138 valence electrons. The molecule has 8 nitrogen and oxygen atoms in total. The number of hydrogen-bond acceptors (Lipinski definition) is 5. The molecule has 0 fully saturated rings. The smallest absolute Gasteiger partial charge is 0.293 e. The first-order valence-corrected chi connectivity index (χ1v) is 8.28. The number of rotatable bonds is 7. The van der Waals surface area contributed by atoms with E-state index in [0.29, 0.717) is 18.8 Å². The Morgan fingerprint density at radius 2 is 1.96 bits per heavy atom. The van der Waals surface area contributed by atoms with Crippen LogP contribution in [0.5, 0.6) is 0 Å². The Hall–Kier alpha value is -3.68. The van der Waals surface area contributed by atoms with Gasteiger partial charge in [-0.05, 0) is 17.7 Å². The molecule has 2 aromatic carbocycles. The predicted octanol–water partition coefficient (Wildman–Crippen LogP) is 2.57. The minimum absolute atomic E-state index is 0.106. The van der Waals surface area contributed by atoms with E-state index in [1.807, 2.05) is 41.2 Å². The summed E-state index contributed by atoms with van der Waals surface area (Å²) in [6, 6.07) is 14.2. The Bertz CT molecular complexity index is 968. The second kappa shape index (κ2) is 7.69. The number of carbonyl (C=O) groups excluding carboxylic acids is 1. The second-order valence-electron chi connectivity index (χ2n) is 6.21. The van der Waals surface area contributed by atoms with E-state index in [0.717, 1.165) is 11.1 Å². The van der Waals surface area contributed by atoms with E-state index in [2.05, 4.69) is 5.10 Å². The molecule has 1 aromatic heterocycles. The van der Waals surface area contributed by atoms with Crippen molar-refractivity contribution in [3.63, 3.8) is 0 Å². The lowest BCUT2D eigenvalue weighted by Crippen LogP contribution is -2.18. The SMILES string of the molecule is CN(Cc1cnn(Cc2ccccc2)c1)c1ccc(C(N)=O)cc1[N+](=O)[O-]. The summed E-state index contributed by atoms with van der Waals surface area (Å²) in [5, 5.41) is 15.7. The van der Waals surface area contributed by atoms with Gasteiger partial charge in [0.2, 0.25) is 5.91 Å². The number of primary amides is 1. The van der Waals surface area contributed by atoms with Gasteiger partial charge in [-0.3, -0.25) is 19.6 Å². The maximum Gasteiger partial charge on any atom is 0.293 e. The molecule has 27 heavy (non-hydrogen) atoms. The van der Waals surface area contributed by atoms with Crippen molar-refractivity contribution in [2.75, 3.05) is 11.9 Å². The van der Waals surface area contributed by atoms with Gasteiger partial charge in [-0.1, -0.05) is 30.3 Å². The average molecular weight is 365 g/mol. The van der Waals surface area contributed by atoms with Crippen LogP contribution in [0.1, 0.15) is 21.5 Å². The molecule has 0 aliphatic rings. The summed E-state index contributed by atoms with van der Waals surface area (Å²) in [6.45, 7) is 1.09. The predicted molar refractivity (Wildman–Crippen MR) is 101 cm³/mol. The summed E-state index contributed by atoms with van der Waals surface area (Å²) in [5.41, 5.74) is 7.62. The first kappa shape index (κ1) is 18.1. The van der Waals surface area contributed by atoms with Gasteiger partial charge in [0.15, 0.2) is 0 Å². The van der Waals surface area contributed by atoms with Crippen LogP contribution in [-0.4, -0.2) is 27.7 Å². The van der Waals surface area contributed by atoms with Gasteiger partial charge in [0, 0.05) is 37.0 Å². The molecule has 0 saturated carbocycles. The van der Waals surface area contributed by atoms with E-state index < -0.39 is 10.8 Å². The molecule has 0 aliphatic heterocycles. The van der Waals surface area contributed by atoms with Crippen molar-refractivity contribution in [3.05, 3.63) is 87.7 Å². The second-order valence-corrected chi connectivity index (χ2v) is 6.21. The number of benzene rings is 2. The standard InChI is InChI=1S/C19H19N5O3/c1-22(17-8-7-16(19(20)25)9-18(17)24(26)27)11-15-10-21-23(13-15)12-14-5-3-2-4-6-14/h2-10,13H,11-12H2,1H3,(H2,20,25). The monoisotopic (exact) mass is 365 g/mol. The summed E-state index contributed by atoms with van der Waals surface area (Å²) >= 11 is 0. The number of nitro groups is 1. The Morgan fingerprint density at radius 1 is 1.22 bits per heavy atom. The normalized spacial score (nSPS) is 10.6. The molecule has 1 amide bonds. The molecule has 0 atom stereocenters. The van der Waals surface area contributed by atoms with Gasteiger partial charge in [0.05, 0.1) is 17.7 Å². The van der Waals surface area contributed by atoms with Crippen LogP contribution in [0, 0.1) is 10.1 Å². The number of anilines is 1. The largest absolute Gasteiger partial charge is 0.366 e. The third-order valence-electron chi connectivity index (χ3n) is 4.16. The summed E-state index contributed by atoms with van der Waals surface area (Å²) in [5.74, 6) is -0.700. The highest BCUT2D eigenvalue weighted by Gasteiger charge is 2.20. The lowest BCUT2D eigenvalue weighted by molar-refractivity contribution is -0.384. The number of aromatic nitrogens is 2. The average Bonchev–Trinajstić information content (AvgIpc) is 3.08. The third-order valence-corrected chi connectivity index (χ3v) is 4.16. The summed E-state index contributed by atoms with van der Waals surface area (Å²) in [7, 11) is 1.75. The molecule has 8 heteroatoms. The lowest BCUT2D eigenvalue weighted by atomic mass is 10.1. The van der Waals surface area contributed by atoms with E-state index in [-0.39, 0.29) is 11.3 Å². The molecular weight excluding hydrogens is 346 g/mol. The van der Waals surface area contributed by atoms with E-state index in [9.17, 15) is 14.9 Å². The molecule has 0 bridgehead atoms. The minimum atomic E-state index is -0.700. The van der Waals surface area contributed by atoms with Crippen molar-refractivity contribution in [3.8, 4) is 0 Å². The van der Waals surface area contributed by atoms with Gasteiger partial charge in [0.25, 0.3) is 5.69 Å². The van der Waals surface area contributed by atoms with Gasteiger partial charge in [-0.2, -0.15) is 5.10 Å². The summed E-state index contributed by atoms with van der Waals surface area (Å²) < 4.78 is 1.82. The molecule has 0 spiro atoms. The van der Waals surface area contributed by atoms with E-state index in [4.69, 9.17) is 5.73 Å². The van der Waals surface area contributed by atoms with Crippen molar-refractivity contribution in [2.24, 2.45) is 5.73 Å². The van der Waals surface area contributed by atoms with E-state index >= 15 is 0 Å². The fourth-order valence-electron chi connectivity index (χ4n) is 2.85. The van der Waals surface area contributed by atoms with Crippen molar-refractivity contribution >= 4 is 17.3 Å². The maximum atomic E-state index is 11.4. The van der Waals surface area contributed by atoms with Crippen LogP contribution in [0.2, 0.25) is 0 Å². The molecule has 0 saturated heterocycles. The lowest BCUT2D eigenvalue weighted by Gasteiger charge is -2.18. The van der Waals surface area contributed by atoms with Gasteiger partial charge >= 0.3 is 0 Å². The number of nitrogens with zero attached hydrogens (tertiary/aromatic N) is 4. The Morgan fingerprint density at radius 3 is 2.63 bits per heavy atom. The van der Waals surface area contributed by atoms with Gasteiger partial charge < -0.3 is 10.6 Å². The van der Waals surface area contributed by atoms with Crippen molar-refractivity contribution < 1.29 is 9.72 Å². The molecular formula is C19H19N5O3. The Kier molecular flexibility index (Phi) is 5.16. The molecule has 0 aliphatic carbocycles. The van der Waals surface area contributed by atoms with Crippen LogP contribution >= 0.6 is 0 Å². The maximum absolute atomic E-state index is 11.4. The first-order valence-electron chi connectivity index (χ1n) is 8.28. The van der Waals surface area contributed by atoms with Crippen LogP contribution in [0.25, 0.3) is 0 Å². The van der Waals surface area contributed by atoms with Crippen LogP contribution in [0.3, 0.4) is 0 Å². The van der Waals surface area contributed by atoms with Crippen LogP contribution in [0.4, 0.5) is 11.4 Å². The molecule has 0 radical (unpaired) electrons. The highest BCUT2D eigenvalue weighted by molar-refractivity contribution is 5.94. The number of hydrogen-bond donors (Lipinski definition) is 1. The zero-order chi connectivity index (χ0) is 19.4. The minimum Gasteiger partial charge on any atom is -0.366 e. The highest BCUT2D eigenvalue weighted by Crippen LogP contribution is 2.29. The Labute approximate surface area is 156 Å². The molecule has 3 rings (SSSR count). The fourth-order valence-corrected chi connectivity index (χ4v) is 2.85. The molecule has 3 aromatic rings. The van der Waals surface area contributed by atoms with Crippen LogP contribution in [-0.2, 0) is 13.1 Å². The fraction of sp³-hybridized carbons (Fsp3) is 0.158. The van der Waals surface area contributed by atoms with Gasteiger partial charge in [0.1, 0.15) is 5.69 Å². The zero-order valence-corrected chi connectivity index (χ0v) is 14.8. The van der Waals surface area contributed by atoms with Crippen molar-refractivity contribution in [2.45, 2.75) is 13.1 Å². The van der Waals surface area contributed by atoms with Gasteiger partial charge in [-0.25, -0.2) is 0 Å². The number of nitrogens with two attached hydrogens (primary N) is 1. The van der Waals surface area contributed by atoms with Crippen LogP contribution < -0.4 is 10.6 Å².